The lowest BCUT2D eigenvalue weighted by molar-refractivity contribution is -0.128. The monoisotopic (exact) mass is 308 g/mol. The van der Waals surface area contributed by atoms with E-state index in [0.29, 0.717) is 0 Å². The van der Waals surface area contributed by atoms with Crippen molar-refractivity contribution in [2.24, 2.45) is 0 Å². The van der Waals surface area contributed by atoms with Crippen LogP contribution in [0.5, 0.6) is 0 Å². The molecule has 21 heavy (non-hydrogen) atoms. The van der Waals surface area contributed by atoms with Crippen molar-refractivity contribution in [3.8, 4) is 0 Å². The topological polar surface area (TPSA) is 58.2 Å². The van der Waals surface area contributed by atoms with Crippen LogP contribution in [-0.4, -0.2) is 29.1 Å². The molecule has 116 valence electrons. The number of hydrogen-bond donors (Lipinski definition) is 2. The van der Waals surface area contributed by atoms with Crippen LogP contribution in [-0.2, 0) is 9.59 Å². The molecule has 5 heteroatoms. The summed E-state index contributed by atoms with van der Waals surface area (Å²) in [5.74, 6) is -0.273. The van der Waals surface area contributed by atoms with Crippen LogP contribution in [0.3, 0.4) is 0 Å². The Morgan fingerprint density at radius 3 is 2.24 bits per heavy atom. The summed E-state index contributed by atoms with van der Waals surface area (Å²) < 4.78 is 0. The van der Waals surface area contributed by atoms with E-state index in [0.717, 1.165) is 11.3 Å². The lowest BCUT2D eigenvalue weighted by Crippen LogP contribution is -2.49. The van der Waals surface area contributed by atoms with E-state index in [1.165, 1.54) is 11.8 Å². The van der Waals surface area contributed by atoms with Gasteiger partial charge < -0.3 is 10.6 Å². The zero-order chi connectivity index (χ0) is 15.8. The Morgan fingerprint density at radius 1 is 1.05 bits per heavy atom. The lowest BCUT2D eigenvalue weighted by Gasteiger charge is -2.19. The van der Waals surface area contributed by atoms with Gasteiger partial charge in [-0.3, -0.25) is 9.59 Å². The number of rotatable bonds is 7. The lowest BCUT2D eigenvalue weighted by atomic mass is 10.2. The highest BCUT2D eigenvalue weighted by Crippen LogP contribution is 2.22. The fourth-order valence-corrected chi connectivity index (χ4v) is 2.52. The molecule has 0 saturated carbocycles. The van der Waals surface area contributed by atoms with Crippen LogP contribution in [0.25, 0.3) is 0 Å². The number of benzene rings is 1. The van der Waals surface area contributed by atoms with Crippen molar-refractivity contribution in [1.82, 2.24) is 10.6 Å². The van der Waals surface area contributed by atoms with E-state index in [2.05, 4.69) is 10.6 Å². The van der Waals surface area contributed by atoms with Crippen LogP contribution < -0.4 is 10.6 Å². The maximum Gasteiger partial charge on any atom is 0.242 e. The number of carbonyl (C=O) groups excluding carboxylic acids is 2. The fraction of sp³-hybridized carbons (Fsp3) is 0.500. The highest BCUT2D eigenvalue weighted by Gasteiger charge is 2.20. The summed E-state index contributed by atoms with van der Waals surface area (Å²) in [6, 6.07) is 9.35. The molecular weight excluding hydrogens is 284 g/mol. The van der Waals surface area contributed by atoms with Crippen LogP contribution >= 0.6 is 11.8 Å². The van der Waals surface area contributed by atoms with Gasteiger partial charge in [-0.1, -0.05) is 25.1 Å². The molecule has 1 rings (SSSR count). The number of amides is 2. The zero-order valence-electron chi connectivity index (χ0n) is 13.1. The molecule has 1 aromatic carbocycles. The minimum Gasteiger partial charge on any atom is -0.352 e. The largest absolute Gasteiger partial charge is 0.352 e. The minimum absolute atomic E-state index is 0.118. The third-order valence-electron chi connectivity index (χ3n) is 3.18. The Labute approximate surface area is 131 Å². The van der Waals surface area contributed by atoms with Crippen molar-refractivity contribution in [3.63, 3.8) is 0 Å². The van der Waals surface area contributed by atoms with Crippen molar-refractivity contribution < 1.29 is 9.59 Å². The van der Waals surface area contributed by atoms with Gasteiger partial charge in [0.25, 0.3) is 0 Å². The van der Waals surface area contributed by atoms with Gasteiger partial charge in [-0.25, -0.2) is 0 Å². The SMILES string of the molecule is CCC(C)NC(=O)C(C)NC(=O)C(C)Sc1ccccc1. The molecule has 2 amide bonds. The van der Waals surface area contributed by atoms with Crippen molar-refractivity contribution in [3.05, 3.63) is 30.3 Å². The van der Waals surface area contributed by atoms with E-state index in [1.54, 1.807) is 6.92 Å². The highest BCUT2D eigenvalue weighted by atomic mass is 32.2. The smallest absolute Gasteiger partial charge is 0.242 e. The second-order valence-corrected chi connectivity index (χ2v) is 6.54. The quantitative estimate of drug-likeness (QED) is 0.761. The van der Waals surface area contributed by atoms with Crippen LogP contribution in [0.4, 0.5) is 0 Å². The van der Waals surface area contributed by atoms with Gasteiger partial charge in [-0.15, -0.1) is 11.8 Å². The zero-order valence-corrected chi connectivity index (χ0v) is 13.9. The molecule has 0 aliphatic heterocycles. The first-order chi connectivity index (χ1) is 9.93. The highest BCUT2D eigenvalue weighted by molar-refractivity contribution is 8.00. The number of thioether (sulfide) groups is 1. The third-order valence-corrected chi connectivity index (χ3v) is 4.29. The molecule has 0 aromatic heterocycles. The first-order valence-corrected chi connectivity index (χ1v) is 8.14. The first kappa shape index (κ1) is 17.6. The van der Waals surface area contributed by atoms with Crippen molar-refractivity contribution in [1.29, 1.82) is 0 Å². The molecule has 0 spiro atoms. The van der Waals surface area contributed by atoms with Crippen LogP contribution in [0.2, 0.25) is 0 Å². The second-order valence-electron chi connectivity index (χ2n) is 5.12. The number of hydrogen-bond acceptors (Lipinski definition) is 3. The van der Waals surface area contributed by atoms with Crippen molar-refractivity contribution in [2.75, 3.05) is 0 Å². The molecule has 0 radical (unpaired) electrons. The Kier molecular flexibility index (Phi) is 7.29. The normalized spacial score (nSPS) is 14.9. The molecule has 3 unspecified atom stereocenters. The maximum atomic E-state index is 12.1. The third kappa shape index (κ3) is 6.21. The van der Waals surface area contributed by atoms with Crippen LogP contribution in [0.1, 0.15) is 34.1 Å². The first-order valence-electron chi connectivity index (χ1n) is 7.26. The summed E-state index contributed by atoms with van der Waals surface area (Å²) in [5, 5.41) is 5.38. The Balaban J connectivity index is 2.46. The van der Waals surface area contributed by atoms with E-state index in [9.17, 15) is 9.59 Å². The van der Waals surface area contributed by atoms with Gasteiger partial charge in [0.1, 0.15) is 6.04 Å². The molecule has 2 N–H and O–H groups in total. The molecule has 0 heterocycles. The van der Waals surface area contributed by atoms with Gasteiger partial charge in [0.2, 0.25) is 11.8 Å². The summed E-state index contributed by atoms with van der Waals surface area (Å²) in [6.45, 7) is 7.49. The molecule has 0 aliphatic carbocycles. The summed E-state index contributed by atoms with van der Waals surface area (Å²) >= 11 is 1.48. The van der Waals surface area contributed by atoms with Gasteiger partial charge >= 0.3 is 0 Å². The molecule has 3 atom stereocenters. The van der Waals surface area contributed by atoms with E-state index in [1.807, 2.05) is 51.1 Å². The van der Waals surface area contributed by atoms with Gasteiger partial charge in [-0.2, -0.15) is 0 Å². The predicted molar refractivity (Wildman–Crippen MR) is 87.3 cm³/mol. The molecule has 0 bridgehead atoms. The molecule has 1 aromatic rings. The van der Waals surface area contributed by atoms with Gasteiger partial charge in [0.15, 0.2) is 0 Å². The molecule has 0 fully saturated rings. The molecule has 0 aliphatic rings. The van der Waals surface area contributed by atoms with Gasteiger partial charge in [-0.05, 0) is 39.3 Å². The summed E-state index contributed by atoms with van der Waals surface area (Å²) in [4.78, 5) is 25.0. The average Bonchev–Trinajstić information content (AvgIpc) is 2.47. The van der Waals surface area contributed by atoms with Crippen LogP contribution in [0, 0.1) is 0 Å². The standard InChI is InChI=1S/C16H24N2O2S/c1-5-11(2)17-15(19)12(3)18-16(20)13(4)21-14-9-7-6-8-10-14/h6-13H,5H2,1-4H3,(H,17,19)(H,18,20). The van der Waals surface area contributed by atoms with E-state index < -0.39 is 6.04 Å². The summed E-state index contributed by atoms with van der Waals surface area (Å²) in [6.07, 6.45) is 0.868. The second kappa shape index (κ2) is 8.72. The Bertz CT molecular complexity index is 465. The Hall–Kier alpha value is -1.49. The summed E-state index contributed by atoms with van der Waals surface area (Å²) in [5.41, 5.74) is 0. The maximum absolute atomic E-state index is 12.1. The molecule has 4 nitrogen and oxygen atoms in total. The van der Waals surface area contributed by atoms with Crippen LogP contribution in [0.15, 0.2) is 35.2 Å². The minimum atomic E-state index is -0.523. The van der Waals surface area contributed by atoms with Gasteiger partial charge in [0.05, 0.1) is 5.25 Å². The van der Waals surface area contributed by atoms with Gasteiger partial charge in [0, 0.05) is 10.9 Å². The van der Waals surface area contributed by atoms with E-state index in [-0.39, 0.29) is 23.1 Å². The van der Waals surface area contributed by atoms with Crippen molar-refractivity contribution in [2.45, 2.75) is 56.3 Å². The fourth-order valence-electron chi connectivity index (χ4n) is 1.62. The average molecular weight is 308 g/mol. The van der Waals surface area contributed by atoms with Crippen molar-refractivity contribution >= 4 is 23.6 Å². The molecule has 0 saturated heterocycles. The summed E-state index contributed by atoms with van der Waals surface area (Å²) in [7, 11) is 0. The molecular formula is C16H24N2O2S. The van der Waals surface area contributed by atoms with E-state index >= 15 is 0 Å². The van der Waals surface area contributed by atoms with E-state index in [4.69, 9.17) is 0 Å². The number of carbonyl (C=O) groups is 2. The Morgan fingerprint density at radius 2 is 1.67 bits per heavy atom. The number of nitrogens with one attached hydrogen (secondary N) is 2. The predicted octanol–water partition coefficient (Wildman–Crippen LogP) is 2.59.